The standard InChI is InChI=1S/C16H18N2O3/c1-9-12-6-4-5-7-14(12)17-10(2)13(9)8-15(19)18-11(3)16(20)21/h4-7,11H,8H2,1-3H3,(H,18,19)(H,20,21)/t11-/m1/s1. The minimum absolute atomic E-state index is 0.132. The summed E-state index contributed by atoms with van der Waals surface area (Å²) in [5.74, 6) is -1.36. The van der Waals surface area contributed by atoms with E-state index in [1.807, 2.05) is 38.1 Å². The van der Waals surface area contributed by atoms with E-state index in [-0.39, 0.29) is 12.3 Å². The largest absolute Gasteiger partial charge is 0.480 e. The SMILES string of the molecule is Cc1nc2ccccc2c(C)c1CC(=O)N[C@H](C)C(=O)O. The summed E-state index contributed by atoms with van der Waals surface area (Å²) < 4.78 is 0. The molecule has 1 aromatic heterocycles. The van der Waals surface area contributed by atoms with Crippen LogP contribution >= 0.6 is 0 Å². The lowest BCUT2D eigenvalue weighted by molar-refractivity contribution is -0.141. The maximum atomic E-state index is 12.0. The number of fused-ring (bicyclic) bond motifs is 1. The molecular weight excluding hydrogens is 268 g/mol. The molecular formula is C16H18N2O3. The van der Waals surface area contributed by atoms with Crippen molar-refractivity contribution < 1.29 is 14.7 Å². The number of aromatic nitrogens is 1. The van der Waals surface area contributed by atoms with Gasteiger partial charge in [-0.25, -0.2) is 0 Å². The average Bonchev–Trinajstić information content (AvgIpc) is 2.43. The van der Waals surface area contributed by atoms with E-state index in [2.05, 4.69) is 10.3 Å². The highest BCUT2D eigenvalue weighted by atomic mass is 16.4. The molecule has 0 fully saturated rings. The number of para-hydroxylation sites is 1. The molecule has 1 heterocycles. The number of hydrogen-bond donors (Lipinski definition) is 2. The van der Waals surface area contributed by atoms with Gasteiger partial charge in [0.2, 0.25) is 5.91 Å². The predicted molar refractivity (Wildman–Crippen MR) is 80.2 cm³/mol. The van der Waals surface area contributed by atoms with Gasteiger partial charge in [0.05, 0.1) is 11.9 Å². The van der Waals surface area contributed by atoms with Crippen LogP contribution < -0.4 is 5.32 Å². The summed E-state index contributed by atoms with van der Waals surface area (Å²) in [5.41, 5.74) is 3.56. The third-order valence-corrected chi connectivity index (χ3v) is 3.57. The Morgan fingerprint density at radius 3 is 2.62 bits per heavy atom. The molecule has 2 N–H and O–H groups in total. The first kappa shape index (κ1) is 15.0. The van der Waals surface area contributed by atoms with Gasteiger partial charge < -0.3 is 10.4 Å². The molecule has 1 amide bonds. The van der Waals surface area contributed by atoms with Crippen molar-refractivity contribution in [3.8, 4) is 0 Å². The zero-order valence-corrected chi connectivity index (χ0v) is 12.3. The molecule has 1 atom stereocenters. The van der Waals surface area contributed by atoms with Crippen molar-refractivity contribution in [2.75, 3.05) is 0 Å². The molecule has 5 nitrogen and oxygen atoms in total. The van der Waals surface area contributed by atoms with Gasteiger partial charge in [0.25, 0.3) is 0 Å². The van der Waals surface area contributed by atoms with Crippen molar-refractivity contribution in [1.29, 1.82) is 0 Å². The molecule has 0 aliphatic heterocycles. The van der Waals surface area contributed by atoms with Gasteiger partial charge in [0, 0.05) is 11.1 Å². The summed E-state index contributed by atoms with van der Waals surface area (Å²) in [6.07, 6.45) is 0.132. The molecule has 0 radical (unpaired) electrons. The smallest absolute Gasteiger partial charge is 0.325 e. The highest BCUT2D eigenvalue weighted by molar-refractivity contribution is 5.88. The van der Waals surface area contributed by atoms with E-state index in [0.29, 0.717) is 0 Å². The summed E-state index contributed by atoms with van der Waals surface area (Å²) >= 11 is 0. The van der Waals surface area contributed by atoms with Crippen molar-refractivity contribution in [3.63, 3.8) is 0 Å². The molecule has 0 spiro atoms. The molecule has 1 aromatic carbocycles. The van der Waals surface area contributed by atoms with Gasteiger partial charge in [-0.15, -0.1) is 0 Å². The van der Waals surface area contributed by atoms with Gasteiger partial charge in [0.15, 0.2) is 0 Å². The summed E-state index contributed by atoms with van der Waals surface area (Å²) in [5, 5.41) is 12.3. The Labute approximate surface area is 123 Å². The van der Waals surface area contributed by atoms with Crippen molar-refractivity contribution >= 4 is 22.8 Å². The zero-order chi connectivity index (χ0) is 15.6. The molecule has 0 saturated carbocycles. The molecule has 5 heteroatoms. The number of nitrogens with one attached hydrogen (secondary N) is 1. The first-order valence-electron chi connectivity index (χ1n) is 6.77. The molecule has 21 heavy (non-hydrogen) atoms. The van der Waals surface area contributed by atoms with Gasteiger partial charge in [-0.05, 0) is 38.0 Å². The van der Waals surface area contributed by atoms with E-state index >= 15 is 0 Å². The second-order valence-corrected chi connectivity index (χ2v) is 5.12. The number of amides is 1. The van der Waals surface area contributed by atoms with Crippen LogP contribution in [-0.4, -0.2) is 28.0 Å². The number of carbonyl (C=O) groups excluding carboxylic acids is 1. The Balaban J connectivity index is 2.30. The van der Waals surface area contributed by atoms with E-state index < -0.39 is 12.0 Å². The first-order valence-corrected chi connectivity index (χ1v) is 6.77. The number of pyridine rings is 1. The second-order valence-electron chi connectivity index (χ2n) is 5.12. The van der Waals surface area contributed by atoms with Gasteiger partial charge in [-0.2, -0.15) is 0 Å². The maximum absolute atomic E-state index is 12.0. The van der Waals surface area contributed by atoms with Crippen molar-refractivity contribution in [2.24, 2.45) is 0 Å². The zero-order valence-electron chi connectivity index (χ0n) is 12.3. The van der Waals surface area contributed by atoms with Crippen LogP contribution in [0.1, 0.15) is 23.7 Å². The third-order valence-electron chi connectivity index (χ3n) is 3.57. The van der Waals surface area contributed by atoms with Crippen molar-refractivity contribution in [3.05, 3.63) is 41.1 Å². The van der Waals surface area contributed by atoms with Gasteiger partial charge in [-0.3, -0.25) is 14.6 Å². The fourth-order valence-electron chi connectivity index (χ4n) is 2.35. The average molecular weight is 286 g/mol. The van der Waals surface area contributed by atoms with E-state index in [1.54, 1.807) is 0 Å². The number of nitrogens with zero attached hydrogens (tertiary/aromatic N) is 1. The quantitative estimate of drug-likeness (QED) is 0.900. The number of aliphatic carboxylic acids is 1. The maximum Gasteiger partial charge on any atom is 0.325 e. The lowest BCUT2D eigenvalue weighted by Gasteiger charge is -2.14. The summed E-state index contributed by atoms with van der Waals surface area (Å²) in [6, 6.07) is 6.87. The van der Waals surface area contributed by atoms with E-state index in [4.69, 9.17) is 5.11 Å². The Morgan fingerprint density at radius 2 is 1.95 bits per heavy atom. The highest BCUT2D eigenvalue weighted by Crippen LogP contribution is 2.22. The summed E-state index contributed by atoms with van der Waals surface area (Å²) in [4.78, 5) is 27.2. The Kier molecular flexibility index (Phi) is 4.21. The minimum Gasteiger partial charge on any atom is -0.480 e. The molecule has 110 valence electrons. The number of hydrogen-bond acceptors (Lipinski definition) is 3. The first-order chi connectivity index (χ1) is 9.90. The predicted octanol–water partition coefficient (Wildman–Crippen LogP) is 1.98. The lowest BCUT2D eigenvalue weighted by atomic mass is 9.99. The number of benzene rings is 1. The van der Waals surface area contributed by atoms with Crippen molar-refractivity contribution in [1.82, 2.24) is 10.3 Å². The van der Waals surface area contributed by atoms with Gasteiger partial charge in [0.1, 0.15) is 6.04 Å². The van der Waals surface area contributed by atoms with Crippen LogP contribution in [0.2, 0.25) is 0 Å². The molecule has 0 saturated heterocycles. The lowest BCUT2D eigenvalue weighted by Crippen LogP contribution is -2.39. The van der Waals surface area contributed by atoms with Crippen LogP contribution in [0.25, 0.3) is 10.9 Å². The monoisotopic (exact) mass is 286 g/mol. The number of carboxylic acids is 1. The van der Waals surface area contributed by atoms with E-state index in [9.17, 15) is 9.59 Å². The molecule has 2 aromatic rings. The summed E-state index contributed by atoms with van der Waals surface area (Å²) in [6.45, 7) is 5.27. The molecule has 0 aliphatic carbocycles. The van der Waals surface area contributed by atoms with Gasteiger partial charge in [-0.1, -0.05) is 18.2 Å². The Bertz CT molecular complexity index is 710. The molecule has 2 rings (SSSR count). The minimum atomic E-state index is -1.05. The fourth-order valence-corrected chi connectivity index (χ4v) is 2.35. The second kappa shape index (κ2) is 5.91. The Morgan fingerprint density at radius 1 is 1.29 bits per heavy atom. The van der Waals surface area contributed by atoms with Crippen LogP contribution in [0.5, 0.6) is 0 Å². The topological polar surface area (TPSA) is 79.3 Å². The molecule has 0 unspecified atom stereocenters. The number of carboxylic acid groups (broad SMARTS) is 1. The van der Waals surface area contributed by atoms with Crippen LogP contribution in [0.3, 0.4) is 0 Å². The number of carbonyl (C=O) groups is 2. The highest BCUT2D eigenvalue weighted by Gasteiger charge is 2.17. The van der Waals surface area contributed by atoms with Crippen LogP contribution in [0, 0.1) is 13.8 Å². The molecule has 0 aliphatic rings. The van der Waals surface area contributed by atoms with E-state index in [1.165, 1.54) is 6.92 Å². The van der Waals surface area contributed by atoms with E-state index in [0.717, 1.165) is 27.7 Å². The Hall–Kier alpha value is -2.43. The molecule has 0 bridgehead atoms. The van der Waals surface area contributed by atoms with Gasteiger partial charge >= 0.3 is 5.97 Å². The van der Waals surface area contributed by atoms with Crippen LogP contribution in [0.4, 0.5) is 0 Å². The normalized spacial score (nSPS) is 12.1. The summed E-state index contributed by atoms with van der Waals surface area (Å²) in [7, 11) is 0. The van der Waals surface area contributed by atoms with Crippen LogP contribution in [0.15, 0.2) is 24.3 Å². The number of aryl methyl sites for hydroxylation is 2. The van der Waals surface area contributed by atoms with Crippen molar-refractivity contribution in [2.45, 2.75) is 33.2 Å². The fraction of sp³-hybridized carbons (Fsp3) is 0.312. The third kappa shape index (κ3) is 3.18. The van der Waals surface area contributed by atoms with Crippen LogP contribution in [-0.2, 0) is 16.0 Å². The number of rotatable bonds is 4.